The number of carbonyl (C=O) groups is 2. The Kier molecular flexibility index (Phi) is 3.89. The zero-order chi connectivity index (χ0) is 11.5. The van der Waals surface area contributed by atoms with Gasteiger partial charge in [0.2, 0.25) is 0 Å². The van der Waals surface area contributed by atoms with Crippen molar-refractivity contribution in [3.63, 3.8) is 0 Å². The molecule has 1 fully saturated rings. The van der Waals surface area contributed by atoms with Crippen molar-refractivity contribution in [3.8, 4) is 0 Å². The van der Waals surface area contributed by atoms with Gasteiger partial charge >= 0.3 is 5.97 Å². The largest absolute Gasteiger partial charge is 0.466 e. The minimum Gasteiger partial charge on any atom is -0.466 e. The first-order valence-corrected chi connectivity index (χ1v) is 5.65. The number of carbonyl (C=O) groups excluding carboxylic acids is 2. The van der Waals surface area contributed by atoms with Crippen LogP contribution in [0.2, 0.25) is 0 Å². The van der Waals surface area contributed by atoms with Gasteiger partial charge in [-0.3, -0.25) is 4.79 Å². The Labute approximate surface area is 91.2 Å². The van der Waals surface area contributed by atoms with Crippen LogP contribution in [0.3, 0.4) is 0 Å². The summed E-state index contributed by atoms with van der Waals surface area (Å²) in [6, 6.07) is 0. The van der Waals surface area contributed by atoms with Gasteiger partial charge in [0.15, 0.2) is 0 Å². The molecule has 0 spiro atoms. The molecule has 0 bridgehead atoms. The summed E-state index contributed by atoms with van der Waals surface area (Å²) in [5.41, 5.74) is 0.149. The van der Waals surface area contributed by atoms with Crippen LogP contribution in [-0.4, -0.2) is 18.9 Å². The summed E-state index contributed by atoms with van der Waals surface area (Å²) in [6.45, 7) is 6.48. The minimum absolute atomic E-state index is 0.126. The van der Waals surface area contributed by atoms with Crippen molar-refractivity contribution in [1.82, 2.24) is 0 Å². The fourth-order valence-electron chi connectivity index (χ4n) is 2.31. The van der Waals surface area contributed by atoms with Gasteiger partial charge < -0.3 is 9.53 Å². The summed E-state index contributed by atoms with van der Waals surface area (Å²) >= 11 is 0. The molecule has 0 aromatic carbocycles. The van der Waals surface area contributed by atoms with Gasteiger partial charge in [0, 0.05) is 12.3 Å². The fraction of sp³-hybridized carbons (Fsp3) is 0.833. The highest BCUT2D eigenvalue weighted by Gasteiger charge is 2.56. The van der Waals surface area contributed by atoms with Gasteiger partial charge in [-0.1, -0.05) is 13.8 Å². The van der Waals surface area contributed by atoms with Gasteiger partial charge in [-0.2, -0.15) is 0 Å². The maximum atomic E-state index is 11.1. The Morgan fingerprint density at radius 3 is 2.60 bits per heavy atom. The molecule has 0 saturated heterocycles. The van der Waals surface area contributed by atoms with Crippen LogP contribution in [0.5, 0.6) is 0 Å². The summed E-state index contributed by atoms with van der Waals surface area (Å²) in [6.07, 6.45) is 3.31. The van der Waals surface area contributed by atoms with E-state index in [0.29, 0.717) is 18.9 Å². The minimum atomic E-state index is -0.126. The second-order valence-electron chi connectivity index (χ2n) is 4.79. The van der Waals surface area contributed by atoms with Crippen molar-refractivity contribution < 1.29 is 14.3 Å². The van der Waals surface area contributed by atoms with Gasteiger partial charge in [0.25, 0.3) is 0 Å². The van der Waals surface area contributed by atoms with Crippen molar-refractivity contribution in [3.05, 3.63) is 0 Å². The van der Waals surface area contributed by atoms with Gasteiger partial charge in [0.1, 0.15) is 6.29 Å². The second kappa shape index (κ2) is 4.77. The van der Waals surface area contributed by atoms with Crippen molar-refractivity contribution in [2.75, 3.05) is 6.61 Å². The van der Waals surface area contributed by atoms with E-state index in [-0.39, 0.29) is 17.3 Å². The number of esters is 1. The summed E-state index contributed by atoms with van der Waals surface area (Å²) < 4.78 is 4.84. The maximum absolute atomic E-state index is 11.1. The average Bonchev–Trinajstić information content (AvgIpc) is 2.68. The van der Waals surface area contributed by atoms with E-state index in [1.54, 1.807) is 0 Å². The lowest BCUT2D eigenvalue weighted by molar-refractivity contribution is -0.143. The Balaban J connectivity index is 2.17. The van der Waals surface area contributed by atoms with Crippen molar-refractivity contribution >= 4 is 12.3 Å². The van der Waals surface area contributed by atoms with Crippen LogP contribution < -0.4 is 0 Å². The number of hydrogen-bond acceptors (Lipinski definition) is 3. The third-order valence-electron chi connectivity index (χ3n) is 3.49. The SMILES string of the molecule is CCOC(=O)CCC[C@@H]1[C@H](C=O)C1(C)C. The average molecular weight is 212 g/mol. The van der Waals surface area contributed by atoms with Gasteiger partial charge in [-0.05, 0) is 31.1 Å². The third kappa shape index (κ3) is 2.80. The van der Waals surface area contributed by atoms with E-state index in [2.05, 4.69) is 13.8 Å². The number of hydrogen-bond donors (Lipinski definition) is 0. The Morgan fingerprint density at radius 2 is 2.13 bits per heavy atom. The van der Waals surface area contributed by atoms with Crippen LogP contribution in [0.25, 0.3) is 0 Å². The predicted octanol–water partition coefficient (Wildman–Crippen LogP) is 2.19. The zero-order valence-corrected chi connectivity index (χ0v) is 9.79. The smallest absolute Gasteiger partial charge is 0.305 e. The van der Waals surface area contributed by atoms with Crippen LogP contribution in [0, 0.1) is 17.3 Å². The van der Waals surface area contributed by atoms with E-state index in [1.807, 2.05) is 6.92 Å². The quantitative estimate of drug-likeness (QED) is 0.500. The first-order chi connectivity index (χ1) is 7.04. The predicted molar refractivity (Wildman–Crippen MR) is 57.3 cm³/mol. The van der Waals surface area contributed by atoms with Gasteiger partial charge in [-0.25, -0.2) is 0 Å². The topological polar surface area (TPSA) is 43.4 Å². The molecule has 0 aromatic heterocycles. The highest BCUT2D eigenvalue weighted by molar-refractivity contribution is 5.69. The van der Waals surface area contributed by atoms with E-state index in [4.69, 9.17) is 4.74 Å². The Hall–Kier alpha value is -0.860. The lowest BCUT2D eigenvalue weighted by atomic mass is 10.1. The molecule has 1 aliphatic carbocycles. The molecule has 0 unspecified atom stereocenters. The Morgan fingerprint density at radius 1 is 1.47 bits per heavy atom. The number of aldehydes is 1. The van der Waals surface area contributed by atoms with E-state index in [0.717, 1.165) is 19.1 Å². The molecule has 0 aromatic rings. The Bertz CT molecular complexity index is 245. The molecule has 3 heteroatoms. The van der Waals surface area contributed by atoms with E-state index >= 15 is 0 Å². The van der Waals surface area contributed by atoms with Crippen LogP contribution in [0.1, 0.15) is 40.0 Å². The van der Waals surface area contributed by atoms with Gasteiger partial charge in [0.05, 0.1) is 6.61 Å². The van der Waals surface area contributed by atoms with Crippen LogP contribution >= 0.6 is 0 Å². The molecule has 0 amide bonds. The van der Waals surface area contributed by atoms with Crippen molar-refractivity contribution in [2.45, 2.75) is 40.0 Å². The van der Waals surface area contributed by atoms with Crippen LogP contribution in [0.4, 0.5) is 0 Å². The molecule has 0 heterocycles. The fourth-order valence-corrected chi connectivity index (χ4v) is 2.31. The molecule has 0 aliphatic heterocycles. The summed E-state index contributed by atoms with van der Waals surface area (Å²) in [4.78, 5) is 21.8. The summed E-state index contributed by atoms with van der Waals surface area (Å²) in [5.74, 6) is 0.530. The molecule has 15 heavy (non-hydrogen) atoms. The molecule has 3 nitrogen and oxygen atoms in total. The van der Waals surface area contributed by atoms with E-state index in [9.17, 15) is 9.59 Å². The van der Waals surface area contributed by atoms with E-state index in [1.165, 1.54) is 0 Å². The van der Waals surface area contributed by atoms with Crippen molar-refractivity contribution in [1.29, 1.82) is 0 Å². The number of rotatable bonds is 6. The lowest BCUT2D eigenvalue weighted by Gasteiger charge is -2.02. The molecule has 1 aliphatic rings. The molecular formula is C12H20O3. The molecule has 0 radical (unpaired) electrons. The molecule has 0 N–H and O–H groups in total. The van der Waals surface area contributed by atoms with Gasteiger partial charge in [-0.15, -0.1) is 0 Å². The maximum Gasteiger partial charge on any atom is 0.305 e. The molecule has 86 valence electrons. The second-order valence-corrected chi connectivity index (χ2v) is 4.79. The summed E-state index contributed by atoms with van der Waals surface area (Å²) in [5, 5.41) is 0. The van der Waals surface area contributed by atoms with Crippen LogP contribution in [-0.2, 0) is 14.3 Å². The highest BCUT2D eigenvalue weighted by atomic mass is 16.5. The normalized spacial score (nSPS) is 27.1. The molecule has 1 saturated carbocycles. The molecule has 2 atom stereocenters. The van der Waals surface area contributed by atoms with Crippen molar-refractivity contribution in [2.24, 2.45) is 17.3 Å². The monoisotopic (exact) mass is 212 g/mol. The highest BCUT2D eigenvalue weighted by Crippen LogP contribution is 2.59. The first-order valence-electron chi connectivity index (χ1n) is 5.65. The number of ether oxygens (including phenoxy) is 1. The standard InChI is InChI=1S/C12H20O3/c1-4-15-11(14)7-5-6-9-10(8-13)12(9,2)3/h8-10H,4-7H2,1-3H3/t9-,10+/m1/s1. The molecule has 1 rings (SSSR count). The zero-order valence-electron chi connectivity index (χ0n) is 9.79. The summed E-state index contributed by atoms with van der Waals surface area (Å²) in [7, 11) is 0. The van der Waals surface area contributed by atoms with Crippen LogP contribution in [0.15, 0.2) is 0 Å². The lowest BCUT2D eigenvalue weighted by Crippen LogP contribution is -2.03. The van der Waals surface area contributed by atoms with E-state index < -0.39 is 0 Å². The molecular weight excluding hydrogens is 192 g/mol. The third-order valence-corrected chi connectivity index (χ3v) is 3.49. The first kappa shape index (κ1) is 12.2.